The summed E-state index contributed by atoms with van der Waals surface area (Å²) in [5.41, 5.74) is 6.03. The van der Waals surface area contributed by atoms with Crippen molar-refractivity contribution >= 4 is 15.9 Å². The molecule has 6 nitrogen and oxygen atoms in total. The van der Waals surface area contributed by atoms with Crippen LogP contribution in [0, 0.1) is 6.92 Å². The molecule has 0 saturated heterocycles. The molecule has 1 fully saturated rings. The zero-order valence-corrected chi connectivity index (χ0v) is 15.3. The molecule has 1 saturated carbocycles. The average molecular weight is 354 g/mol. The van der Waals surface area contributed by atoms with Crippen LogP contribution in [0.15, 0.2) is 23.1 Å². The lowest BCUT2D eigenvalue weighted by atomic mass is 10.2. The number of rotatable bonds is 7. The minimum Gasteiger partial charge on any atom is -0.491 e. The first-order valence-electron chi connectivity index (χ1n) is 8.29. The maximum absolute atomic E-state index is 13.0. The van der Waals surface area contributed by atoms with Gasteiger partial charge in [-0.3, -0.25) is 4.79 Å². The summed E-state index contributed by atoms with van der Waals surface area (Å²) >= 11 is 0. The summed E-state index contributed by atoms with van der Waals surface area (Å²) in [7, 11) is -3.77. The Morgan fingerprint density at radius 1 is 1.33 bits per heavy atom. The van der Waals surface area contributed by atoms with Gasteiger partial charge in [0.1, 0.15) is 5.75 Å². The number of carbonyl (C=O) groups is 1. The van der Waals surface area contributed by atoms with Crippen LogP contribution >= 0.6 is 0 Å². The lowest BCUT2D eigenvalue weighted by Gasteiger charge is -2.27. The Morgan fingerprint density at radius 3 is 2.46 bits per heavy atom. The number of hydrogen-bond donors (Lipinski definition) is 1. The van der Waals surface area contributed by atoms with Gasteiger partial charge in [-0.2, -0.15) is 4.31 Å². The van der Waals surface area contributed by atoms with E-state index in [0.717, 1.165) is 31.2 Å². The number of sulfonamides is 1. The van der Waals surface area contributed by atoms with Crippen LogP contribution in [0.5, 0.6) is 5.75 Å². The van der Waals surface area contributed by atoms with Crippen LogP contribution in [-0.2, 0) is 14.8 Å². The third kappa shape index (κ3) is 4.27. The molecular formula is C17H26N2O4S. The van der Waals surface area contributed by atoms with Crippen LogP contribution in [0.4, 0.5) is 0 Å². The first kappa shape index (κ1) is 18.7. The maximum atomic E-state index is 13.0. The van der Waals surface area contributed by atoms with Gasteiger partial charge in [-0.15, -0.1) is 0 Å². The predicted octanol–water partition coefficient (Wildman–Crippen LogP) is 2.20. The van der Waals surface area contributed by atoms with E-state index in [0.29, 0.717) is 5.75 Å². The van der Waals surface area contributed by atoms with Crippen LogP contribution in [0.2, 0.25) is 0 Å². The molecule has 2 rings (SSSR count). The van der Waals surface area contributed by atoms with Crippen LogP contribution in [-0.4, -0.2) is 37.3 Å². The van der Waals surface area contributed by atoms with E-state index in [9.17, 15) is 13.2 Å². The Kier molecular flexibility index (Phi) is 5.87. The van der Waals surface area contributed by atoms with Crippen molar-refractivity contribution in [2.75, 3.05) is 6.54 Å². The standard InChI is InChI=1S/C17H26N2O4S/c1-12(2)23-16-9-8-15(10-13(16)3)24(21,22)19(11-17(18)20)14-6-4-5-7-14/h8-10,12,14H,4-7,11H2,1-3H3,(H2,18,20). The number of ether oxygens (including phenoxy) is 1. The predicted molar refractivity (Wildman–Crippen MR) is 92.3 cm³/mol. The Labute approximate surface area is 144 Å². The number of benzene rings is 1. The van der Waals surface area contributed by atoms with E-state index >= 15 is 0 Å². The summed E-state index contributed by atoms with van der Waals surface area (Å²) in [4.78, 5) is 11.6. The molecule has 0 aromatic heterocycles. The minimum atomic E-state index is -3.77. The fraction of sp³-hybridized carbons (Fsp3) is 0.588. The summed E-state index contributed by atoms with van der Waals surface area (Å²) in [5.74, 6) is 0.0215. The van der Waals surface area contributed by atoms with Crippen LogP contribution < -0.4 is 10.5 Å². The summed E-state index contributed by atoms with van der Waals surface area (Å²) in [5, 5.41) is 0. The van der Waals surface area contributed by atoms with Gasteiger partial charge in [0.25, 0.3) is 0 Å². The Bertz CT molecular complexity index is 695. The monoisotopic (exact) mass is 354 g/mol. The van der Waals surface area contributed by atoms with Crippen LogP contribution in [0.1, 0.15) is 45.1 Å². The molecule has 24 heavy (non-hydrogen) atoms. The topological polar surface area (TPSA) is 89.7 Å². The van der Waals surface area contributed by atoms with E-state index in [1.165, 1.54) is 10.4 Å². The van der Waals surface area contributed by atoms with Gasteiger partial charge in [0.05, 0.1) is 17.5 Å². The number of amides is 1. The first-order valence-corrected chi connectivity index (χ1v) is 9.73. The molecule has 0 heterocycles. The molecule has 134 valence electrons. The Morgan fingerprint density at radius 2 is 1.96 bits per heavy atom. The number of hydrogen-bond acceptors (Lipinski definition) is 4. The smallest absolute Gasteiger partial charge is 0.243 e. The summed E-state index contributed by atoms with van der Waals surface area (Å²) in [6, 6.07) is 4.63. The Balaban J connectivity index is 2.35. The van der Waals surface area contributed by atoms with E-state index in [1.54, 1.807) is 12.1 Å². The molecule has 1 amide bonds. The zero-order valence-electron chi connectivity index (χ0n) is 14.5. The zero-order chi connectivity index (χ0) is 17.9. The van der Waals surface area contributed by atoms with Crippen molar-refractivity contribution in [2.45, 2.75) is 63.5 Å². The molecule has 0 spiro atoms. The van der Waals surface area contributed by atoms with E-state index in [1.807, 2.05) is 20.8 Å². The molecule has 0 atom stereocenters. The molecule has 1 aliphatic carbocycles. The minimum absolute atomic E-state index is 0.0102. The van der Waals surface area contributed by atoms with Crippen LogP contribution in [0.3, 0.4) is 0 Å². The van der Waals surface area contributed by atoms with Gasteiger partial charge in [0, 0.05) is 6.04 Å². The highest BCUT2D eigenvalue weighted by atomic mass is 32.2. The molecule has 1 aromatic carbocycles. The lowest BCUT2D eigenvalue weighted by Crippen LogP contribution is -2.44. The molecule has 0 aliphatic heterocycles. The SMILES string of the molecule is Cc1cc(S(=O)(=O)N(CC(N)=O)C2CCCC2)ccc1OC(C)C. The fourth-order valence-corrected chi connectivity index (χ4v) is 4.80. The molecule has 7 heteroatoms. The lowest BCUT2D eigenvalue weighted by molar-refractivity contribution is -0.118. The number of carbonyl (C=O) groups excluding carboxylic acids is 1. The number of nitrogens with two attached hydrogens (primary N) is 1. The van der Waals surface area contributed by atoms with E-state index in [-0.39, 0.29) is 23.6 Å². The van der Waals surface area contributed by atoms with Crippen molar-refractivity contribution < 1.29 is 17.9 Å². The third-order valence-corrected chi connectivity index (χ3v) is 6.05. The molecule has 0 radical (unpaired) electrons. The van der Waals surface area contributed by atoms with Gasteiger partial charge in [-0.1, -0.05) is 12.8 Å². The third-order valence-electron chi connectivity index (χ3n) is 4.16. The van der Waals surface area contributed by atoms with Crippen molar-refractivity contribution in [3.63, 3.8) is 0 Å². The maximum Gasteiger partial charge on any atom is 0.243 e. The van der Waals surface area contributed by atoms with Crippen molar-refractivity contribution in [3.05, 3.63) is 23.8 Å². The summed E-state index contributed by atoms with van der Waals surface area (Å²) in [6.07, 6.45) is 3.47. The van der Waals surface area contributed by atoms with Crippen molar-refractivity contribution in [1.82, 2.24) is 4.31 Å². The van der Waals surface area contributed by atoms with Crippen LogP contribution in [0.25, 0.3) is 0 Å². The van der Waals surface area contributed by atoms with Crippen molar-refractivity contribution in [3.8, 4) is 5.75 Å². The molecule has 0 unspecified atom stereocenters. The summed E-state index contributed by atoms with van der Waals surface area (Å²) in [6.45, 7) is 5.36. The summed E-state index contributed by atoms with van der Waals surface area (Å²) < 4.78 is 33.0. The second kappa shape index (κ2) is 7.53. The van der Waals surface area contributed by atoms with E-state index < -0.39 is 15.9 Å². The normalized spacial score (nSPS) is 16.0. The van der Waals surface area contributed by atoms with E-state index in [4.69, 9.17) is 10.5 Å². The molecule has 2 N–H and O–H groups in total. The van der Waals surface area contributed by atoms with Gasteiger partial charge in [0.2, 0.25) is 15.9 Å². The Hall–Kier alpha value is -1.60. The highest BCUT2D eigenvalue weighted by Crippen LogP contribution is 2.30. The second-order valence-electron chi connectivity index (χ2n) is 6.55. The molecule has 1 aliphatic rings. The largest absolute Gasteiger partial charge is 0.491 e. The second-order valence-corrected chi connectivity index (χ2v) is 8.44. The number of nitrogens with zero attached hydrogens (tertiary/aromatic N) is 1. The quantitative estimate of drug-likeness (QED) is 0.813. The molecular weight excluding hydrogens is 328 g/mol. The molecule has 1 aromatic rings. The van der Waals surface area contributed by atoms with Gasteiger partial charge in [0.15, 0.2) is 0 Å². The first-order chi connectivity index (χ1) is 11.2. The number of aryl methyl sites for hydroxylation is 1. The van der Waals surface area contributed by atoms with Gasteiger partial charge in [-0.25, -0.2) is 8.42 Å². The van der Waals surface area contributed by atoms with Crippen molar-refractivity contribution in [2.24, 2.45) is 5.73 Å². The highest BCUT2D eigenvalue weighted by Gasteiger charge is 2.34. The average Bonchev–Trinajstić information content (AvgIpc) is 2.99. The van der Waals surface area contributed by atoms with Crippen molar-refractivity contribution in [1.29, 1.82) is 0 Å². The van der Waals surface area contributed by atoms with E-state index in [2.05, 4.69) is 0 Å². The highest BCUT2D eigenvalue weighted by molar-refractivity contribution is 7.89. The van der Waals surface area contributed by atoms with Gasteiger partial charge >= 0.3 is 0 Å². The van der Waals surface area contributed by atoms with Gasteiger partial charge in [-0.05, 0) is 57.4 Å². The number of primary amides is 1. The van der Waals surface area contributed by atoms with Gasteiger partial charge < -0.3 is 10.5 Å². The fourth-order valence-electron chi connectivity index (χ4n) is 3.06. The molecule has 0 bridgehead atoms.